The number of thioether (sulfide) groups is 2. The first-order valence-electron chi connectivity index (χ1n) is 17.0. The first-order chi connectivity index (χ1) is 24.9. The highest BCUT2D eigenvalue weighted by atomic mass is 35.5. The fourth-order valence-electron chi connectivity index (χ4n) is 6.30. The van der Waals surface area contributed by atoms with Crippen molar-refractivity contribution in [1.29, 1.82) is 0 Å². The second-order valence-electron chi connectivity index (χ2n) is 12.1. The maximum Gasteiger partial charge on any atom is 0.403 e. The topological polar surface area (TPSA) is 46.5 Å². The highest BCUT2D eigenvalue weighted by Crippen LogP contribution is 2.51. The molecule has 0 heterocycles. The van der Waals surface area contributed by atoms with E-state index in [1.165, 1.54) is 33.4 Å². The minimum Gasteiger partial charge on any atom is -0.453 e. The summed E-state index contributed by atoms with van der Waals surface area (Å²) in [6.07, 6.45) is 0. The third-order valence-electron chi connectivity index (χ3n) is 8.53. The van der Waals surface area contributed by atoms with Crippen LogP contribution in [-0.4, -0.2) is 34.2 Å². The summed E-state index contributed by atoms with van der Waals surface area (Å²) in [5, 5.41) is 9.87. The van der Waals surface area contributed by atoms with Crippen LogP contribution in [0.5, 0.6) is 0 Å². The molecular weight excluding hydrogens is 700 g/mol. The molecule has 2 atom stereocenters. The van der Waals surface area contributed by atoms with Crippen LogP contribution in [-0.2, 0) is 14.2 Å². The van der Waals surface area contributed by atoms with Gasteiger partial charge in [-0.05, 0) is 40.3 Å². The smallest absolute Gasteiger partial charge is 0.403 e. The van der Waals surface area contributed by atoms with E-state index >= 15 is 0 Å². The van der Waals surface area contributed by atoms with E-state index in [-0.39, 0.29) is 35.9 Å². The van der Waals surface area contributed by atoms with Crippen molar-refractivity contribution < 1.29 is 14.6 Å². The standard InChI is InChI=1S/C23H21ClO2S.C22H22OS.CH4/c1-18(17-26-22(24)25)27-23(19-11-5-2-6-12-19,20-13-7-3-8-14-20)21-15-9-4-10-16-21;1-18(17-23)24-22(19-11-5-2-6-12-19,20-13-7-3-8-14-20)21-15-9-4-10-16-21;/h2-16,18H,17H2,1H3;2-16,18,23H,17H2,1H3;1H4/t2*18-;/m11./s1. The van der Waals surface area contributed by atoms with Crippen molar-refractivity contribution in [3.8, 4) is 0 Å². The molecule has 0 fully saturated rings. The summed E-state index contributed by atoms with van der Waals surface area (Å²) in [6, 6.07) is 63.0. The molecule has 6 aromatic carbocycles. The van der Waals surface area contributed by atoms with Gasteiger partial charge in [-0.15, -0.1) is 23.5 Å². The fraction of sp³-hybridized carbons (Fsp3) is 0.196. The number of aliphatic hydroxyl groups is 1. The molecular formula is C46H47ClO3S2. The summed E-state index contributed by atoms with van der Waals surface area (Å²) in [6.45, 7) is 4.53. The predicted molar refractivity (Wildman–Crippen MR) is 224 cm³/mol. The number of hydrogen-bond acceptors (Lipinski definition) is 5. The van der Waals surface area contributed by atoms with E-state index in [0.29, 0.717) is 0 Å². The third kappa shape index (κ3) is 9.78. The Morgan fingerprint density at radius 3 is 0.962 bits per heavy atom. The fourth-order valence-corrected chi connectivity index (χ4v) is 9.42. The highest BCUT2D eigenvalue weighted by molar-refractivity contribution is 8.01. The van der Waals surface area contributed by atoms with E-state index in [4.69, 9.17) is 16.3 Å². The maximum atomic E-state index is 11.1. The van der Waals surface area contributed by atoms with Crippen LogP contribution in [0.4, 0.5) is 4.79 Å². The van der Waals surface area contributed by atoms with Crippen LogP contribution >= 0.6 is 35.1 Å². The van der Waals surface area contributed by atoms with Crippen molar-refractivity contribution in [3.63, 3.8) is 0 Å². The molecule has 52 heavy (non-hydrogen) atoms. The van der Waals surface area contributed by atoms with Gasteiger partial charge in [-0.3, -0.25) is 0 Å². The van der Waals surface area contributed by atoms with Crippen LogP contribution < -0.4 is 0 Å². The summed E-state index contributed by atoms with van der Waals surface area (Å²) >= 11 is 8.93. The molecule has 6 rings (SSSR count). The molecule has 0 aliphatic rings. The Kier molecular flexibility index (Phi) is 15.7. The zero-order chi connectivity index (χ0) is 35.9. The third-order valence-corrected chi connectivity index (χ3v) is 11.8. The van der Waals surface area contributed by atoms with E-state index in [0.717, 1.165) is 0 Å². The van der Waals surface area contributed by atoms with Crippen LogP contribution in [0.15, 0.2) is 182 Å². The Morgan fingerprint density at radius 1 is 0.519 bits per heavy atom. The molecule has 6 heteroatoms. The SMILES string of the molecule is C.C[C@H](CO)SC(c1ccccc1)(c1ccccc1)c1ccccc1.C[C@H](COC(=O)Cl)SC(c1ccccc1)(c1ccccc1)c1ccccc1. The molecule has 0 aliphatic carbocycles. The Bertz CT molecular complexity index is 1680. The van der Waals surface area contributed by atoms with Gasteiger partial charge in [-0.2, -0.15) is 0 Å². The van der Waals surface area contributed by atoms with Gasteiger partial charge in [0, 0.05) is 22.1 Å². The molecule has 0 unspecified atom stereocenters. The van der Waals surface area contributed by atoms with Gasteiger partial charge < -0.3 is 9.84 Å². The number of rotatable bonds is 13. The summed E-state index contributed by atoms with van der Waals surface area (Å²) in [5.74, 6) is 0. The lowest BCUT2D eigenvalue weighted by molar-refractivity contribution is 0.175. The number of carbonyl (C=O) groups excluding carboxylic acids is 1. The lowest BCUT2D eigenvalue weighted by atomic mass is 9.84. The molecule has 6 aromatic rings. The molecule has 0 saturated carbocycles. The monoisotopic (exact) mass is 746 g/mol. The zero-order valence-corrected chi connectivity index (χ0v) is 31.2. The van der Waals surface area contributed by atoms with Gasteiger partial charge in [0.1, 0.15) is 6.61 Å². The van der Waals surface area contributed by atoms with Crippen molar-refractivity contribution in [2.24, 2.45) is 0 Å². The van der Waals surface area contributed by atoms with Crippen molar-refractivity contribution in [3.05, 3.63) is 215 Å². The molecule has 1 N–H and O–H groups in total. The van der Waals surface area contributed by atoms with Crippen LogP contribution in [0, 0.1) is 0 Å². The van der Waals surface area contributed by atoms with Crippen LogP contribution in [0.3, 0.4) is 0 Å². The molecule has 0 saturated heterocycles. The van der Waals surface area contributed by atoms with Gasteiger partial charge in [0.25, 0.3) is 0 Å². The van der Waals surface area contributed by atoms with E-state index < -0.39 is 10.2 Å². The summed E-state index contributed by atoms with van der Waals surface area (Å²) in [7, 11) is 0. The van der Waals surface area contributed by atoms with Gasteiger partial charge in [-0.25, -0.2) is 4.79 Å². The average Bonchev–Trinajstić information content (AvgIpc) is 3.20. The normalized spacial score (nSPS) is 12.3. The second-order valence-corrected chi connectivity index (χ2v) is 15.8. The molecule has 0 spiro atoms. The largest absolute Gasteiger partial charge is 0.453 e. The maximum absolute atomic E-state index is 11.1. The Hall–Kier alpha value is -4.26. The van der Waals surface area contributed by atoms with E-state index in [1.54, 1.807) is 23.5 Å². The Balaban J connectivity index is 0.000000230. The van der Waals surface area contributed by atoms with Gasteiger partial charge in [0.05, 0.1) is 16.1 Å². The number of hydrogen-bond donors (Lipinski definition) is 1. The molecule has 0 aliphatic heterocycles. The summed E-state index contributed by atoms with van der Waals surface area (Å²) in [4.78, 5) is 11.1. The van der Waals surface area contributed by atoms with Crippen LogP contribution in [0.25, 0.3) is 0 Å². The number of ether oxygens (including phenoxy) is 1. The van der Waals surface area contributed by atoms with Crippen molar-refractivity contribution in [2.75, 3.05) is 13.2 Å². The van der Waals surface area contributed by atoms with E-state index in [9.17, 15) is 9.90 Å². The first kappa shape index (κ1) is 40.5. The van der Waals surface area contributed by atoms with Gasteiger partial charge in [0.2, 0.25) is 0 Å². The summed E-state index contributed by atoms with van der Waals surface area (Å²) < 4.78 is 4.29. The van der Waals surface area contributed by atoms with Gasteiger partial charge in [-0.1, -0.05) is 196 Å². The lowest BCUT2D eigenvalue weighted by Gasteiger charge is -2.37. The van der Waals surface area contributed by atoms with Crippen molar-refractivity contribution >= 4 is 40.6 Å². The number of halogens is 1. The van der Waals surface area contributed by atoms with Crippen LogP contribution in [0.2, 0.25) is 0 Å². The van der Waals surface area contributed by atoms with Crippen molar-refractivity contribution in [2.45, 2.75) is 41.3 Å². The quantitative estimate of drug-likeness (QED) is 0.0942. The zero-order valence-electron chi connectivity index (χ0n) is 28.8. The molecule has 3 nitrogen and oxygen atoms in total. The van der Waals surface area contributed by atoms with Gasteiger partial charge >= 0.3 is 5.43 Å². The molecule has 0 bridgehead atoms. The Morgan fingerprint density at radius 2 is 0.750 bits per heavy atom. The first-order valence-corrected chi connectivity index (χ1v) is 19.2. The molecule has 268 valence electrons. The number of aliphatic hydroxyl groups excluding tert-OH is 1. The van der Waals surface area contributed by atoms with Crippen molar-refractivity contribution in [1.82, 2.24) is 0 Å². The minimum atomic E-state index is -0.771. The predicted octanol–water partition coefficient (Wildman–Crippen LogP) is 12.2. The molecule has 0 amide bonds. The van der Waals surface area contributed by atoms with Gasteiger partial charge in [0.15, 0.2) is 0 Å². The van der Waals surface area contributed by atoms with E-state index in [1.807, 2.05) is 43.3 Å². The highest BCUT2D eigenvalue weighted by Gasteiger charge is 2.39. The summed E-state index contributed by atoms with van der Waals surface area (Å²) in [5.41, 5.74) is 6.45. The van der Waals surface area contributed by atoms with E-state index in [2.05, 4.69) is 153 Å². The second kappa shape index (κ2) is 20.1. The molecule has 0 aromatic heterocycles. The lowest BCUT2D eigenvalue weighted by Crippen LogP contribution is -2.29. The Labute approximate surface area is 323 Å². The molecule has 0 radical (unpaired) electrons. The average molecular weight is 747 g/mol. The minimum absolute atomic E-state index is 0. The number of carbonyl (C=O) groups is 1. The van der Waals surface area contributed by atoms with Crippen LogP contribution in [0.1, 0.15) is 54.7 Å². The number of benzene rings is 6.